The number of H-pyrrole nitrogens is 1. The summed E-state index contributed by atoms with van der Waals surface area (Å²) in [6.45, 7) is 2.96. The number of fused-ring (bicyclic) bond motifs is 2. The molecule has 2 saturated carbocycles. The Morgan fingerprint density at radius 3 is 2.03 bits per heavy atom. The molecule has 0 radical (unpaired) electrons. The number of carbonyl (C=O) groups is 2. The predicted molar refractivity (Wildman–Crippen MR) is 129 cm³/mol. The number of benzene rings is 1. The van der Waals surface area contributed by atoms with Crippen LogP contribution in [0, 0.1) is 11.6 Å². The van der Waals surface area contributed by atoms with Crippen molar-refractivity contribution in [3.8, 4) is 11.5 Å². The second kappa shape index (κ2) is 11.3. The van der Waals surface area contributed by atoms with Gasteiger partial charge in [-0.15, -0.1) is 0 Å². The van der Waals surface area contributed by atoms with Gasteiger partial charge in [0, 0.05) is 23.5 Å². The Morgan fingerprint density at radius 2 is 1.61 bits per heavy atom. The smallest absolute Gasteiger partial charge is 0.345 e. The van der Waals surface area contributed by atoms with Crippen molar-refractivity contribution in [1.29, 1.82) is 0 Å². The lowest BCUT2D eigenvalue weighted by atomic mass is 9.91. The van der Waals surface area contributed by atoms with E-state index in [0.717, 1.165) is 17.0 Å². The Labute approximate surface area is 207 Å². The summed E-state index contributed by atoms with van der Waals surface area (Å²) in [4.78, 5) is 41.4. The number of aromatic amines is 1. The summed E-state index contributed by atoms with van der Waals surface area (Å²) < 4.78 is 39.5. The van der Waals surface area contributed by atoms with Gasteiger partial charge in [0.25, 0.3) is 0 Å². The van der Waals surface area contributed by atoms with Crippen LogP contribution in [0.15, 0.2) is 29.7 Å². The number of ether oxygens (including phenoxy) is 2. The van der Waals surface area contributed by atoms with Crippen molar-refractivity contribution in [3.63, 3.8) is 0 Å². The van der Waals surface area contributed by atoms with Crippen molar-refractivity contribution in [3.05, 3.63) is 58.3 Å². The van der Waals surface area contributed by atoms with Crippen LogP contribution in [0.2, 0.25) is 0 Å². The highest BCUT2D eigenvalue weighted by Gasteiger charge is 2.58. The first-order valence-electron chi connectivity index (χ1n) is 11.6. The first-order valence-corrected chi connectivity index (χ1v) is 11.6. The molecule has 2 fully saturated rings. The summed E-state index contributed by atoms with van der Waals surface area (Å²) >= 11 is 0. The minimum absolute atomic E-state index is 0.121. The van der Waals surface area contributed by atoms with E-state index in [1.54, 1.807) is 0 Å². The lowest BCUT2D eigenvalue weighted by molar-refractivity contribution is -0.121. The average molecular weight is 505 g/mol. The molecule has 3 N–H and O–H groups in total. The molecule has 0 unspecified atom stereocenters. The molecule has 0 atom stereocenters. The van der Waals surface area contributed by atoms with Crippen LogP contribution in [0.1, 0.15) is 56.2 Å². The van der Waals surface area contributed by atoms with E-state index in [0.29, 0.717) is 24.1 Å². The Kier molecular flexibility index (Phi) is 8.44. The lowest BCUT2D eigenvalue weighted by Crippen LogP contribution is -2.46. The SMILES string of the molecule is C1CCCC1.C=CC(N)=O.COc1cc(OC)c(F)c(N2Cc3cnc(=O)[nH]c3C3(CC3)C2=O)c1F. The van der Waals surface area contributed by atoms with Crippen LogP contribution in [-0.2, 0) is 21.5 Å². The van der Waals surface area contributed by atoms with Crippen LogP contribution >= 0.6 is 0 Å². The number of anilines is 1. The van der Waals surface area contributed by atoms with Crippen LogP contribution < -0.4 is 25.8 Å². The molecule has 0 bridgehead atoms. The van der Waals surface area contributed by atoms with Crippen LogP contribution in [-0.4, -0.2) is 36.0 Å². The molecule has 1 aromatic carbocycles. The molecule has 1 aliphatic heterocycles. The first kappa shape index (κ1) is 26.8. The zero-order valence-corrected chi connectivity index (χ0v) is 20.4. The van der Waals surface area contributed by atoms with E-state index in [2.05, 4.69) is 22.3 Å². The number of carbonyl (C=O) groups excluding carboxylic acids is 2. The molecule has 36 heavy (non-hydrogen) atoms. The molecule has 2 heterocycles. The number of primary amides is 1. The molecule has 11 heteroatoms. The van der Waals surface area contributed by atoms with Gasteiger partial charge in [-0.1, -0.05) is 38.7 Å². The highest BCUT2D eigenvalue weighted by atomic mass is 19.1. The van der Waals surface area contributed by atoms with Crippen LogP contribution in [0.25, 0.3) is 0 Å². The normalized spacial score (nSPS) is 16.7. The summed E-state index contributed by atoms with van der Waals surface area (Å²) in [5.74, 6) is -3.40. The maximum absolute atomic E-state index is 14.8. The highest BCUT2D eigenvalue weighted by Crippen LogP contribution is 2.53. The topological polar surface area (TPSA) is 128 Å². The van der Waals surface area contributed by atoms with Crippen molar-refractivity contribution in [2.45, 2.75) is 56.9 Å². The molecule has 3 aliphatic rings. The standard InChI is InChI=1S/C17H15F2N3O4.C5H10.C3H5NO/c1-25-9-5-10(26-2)12(19)13(11(9)18)22-7-8-6-20-16(24)21-14(8)17(3-4-17)15(22)23;1-2-4-5-3-1;1-2-3(4)5/h5-6H,3-4,7H2,1-2H3,(H,20,21,24);1-5H2;2H,1H2,(H2,4,5). The Balaban J connectivity index is 0.000000303. The Bertz CT molecular complexity index is 1170. The van der Waals surface area contributed by atoms with E-state index in [4.69, 9.17) is 9.47 Å². The van der Waals surface area contributed by atoms with Gasteiger partial charge in [0.1, 0.15) is 5.69 Å². The molecule has 5 rings (SSSR count). The fraction of sp³-hybridized carbons (Fsp3) is 0.440. The van der Waals surface area contributed by atoms with Gasteiger partial charge in [-0.3, -0.25) is 9.59 Å². The maximum Gasteiger partial charge on any atom is 0.345 e. The number of hydrogen-bond acceptors (Lipinski definition) is 6. The number of nitrogens with two attached hydrogens (primary N) is 1. The zero-order valence-electron chi connectivity index (χ0n) is 20.4. The predicted octanol–water partition coefficient (Wildman–Crippen LogP) is 3.25. The molecule has 2 amide bonds. The van der Waals surface area contributed by atoms with E-state index in [-0.39, 0.29) is 18.0 Å². The molecule has 194 valence electrons. The van der Waals surface area contributed by atoms with Gasteiger partial charge in [-0.2, -0.15) is 0 Å². The Morgan fingerprint density at radius 1 is 1.11 bits per heavy atom. The summed E-state index contributed by atoms with van der Waals surface area (Å²) in [6.07, 6.45) is 10.9. The van der Waals surface area contributed by atoms with Crippen LogP contribution in [0.3, 0.4) is 0 Å². The molecule has 1 spiro atoms. The van der Waals surface area contributed by atoms with Crippen molar-refractivity contribution in [2.24, 2.45) is 5.73 Å². The largest absolute Gasteiger partial charge is 0.493 e. The van der Waals surface area contributed by atoms with Gasteiger partial charge in [-0.05, 0) is 18.9 Å². The second-order valence-electron chi connectivity index (χ2n) is 8.69. The average Bonchev–Trinajstić information content (AvgIpc) is 3.42. The fourth-order valence-electron chi connectivity index (χ4n) is 4.34. The number of nitrogens with one attached hydrogen (secondary N) is 1. The number of halogens is 2. The van der Waals surface area contributed by atoms with Gasteiger partial charge in [0.05, 0.1) is 26.2 Å². The van der Waals surface area contributed by atoms with Crippen LogP contribution in [0.4, 0.5) is 14.5 Å². The van der Waals surface area contributed by atoms with Gasteiger partial charge >= 0.3 is 5.69 Å². The lowest BCUT2D eigenvalue weighted by Gasteiger charge is -2.34. The summed E-state index contributed by atoms with van der Waals surface area (Å²) in [5, 5.41) is 0. The number of aromatic nitrogens is 2. The van der Waals surface area contributed by atoms with E-state index in [9.17, 15) is 23.2 Å². The van der Waals surface area contributed by atoms with Crippen molar-refractivity contribution in [2.75, 3.05) is 19.1 Å². The van der Waals surface area contributed by atoms with Gasteiger partial charge in [-0.25, -0.2) is 18.6 Å². The third kappa shape index (κ3) is 5.39. The first-order chi connectivity index (χ1) is 17.2. The third-order valence-corrected chi connectivity index (χ3v) is 6.37. The number of hydrogen-bond donors (Lipinski definition) is 2. The highest BCUT2D eigenvalue weighted by molar-refractivity contribution is 6.05. The number of amides is 2. The Hall–Kier alpha value is -3.76. The van der Waals surface area contributed by atoms with Crippen molar-refractivity contribution in [1.82, 2.24) is 9.97 Å². The molecule has 2 aliphatic carbocycles. The van der Waals surface area contributed by atoms with E-state index >= 15 is 0 Å². The summed E-state index contributed by atoms with van der Waals surface area (Å²) in [5.41, 5.74) is 3.50. The number of rotatable bonds is 4. The van der Waals surface area contributed by atoms with Gasteiger partial charge < -0.3 is 25.1 Å². The quantitative estimate of drug-likeness (QED) is 0.616. The zero-order chi connectivity index (χ0) is 26.5. The van der Waals surface area contributed by atoms with Crippen molar-refractivity contribution >= 4 is 17.5 Å². The van der Waals surface area contributed by atoms with Crippen LogP contribution in [0.5, 0.6) is 11.5 Å². The minimum atomic E-state index is -0.990. The summed E-state index contributed by atoms with van der Waals surface area (Å²) in [7, 11) is 2.48. The van der Waals surface area contributed by atoms with Gasteiger partial charge in [0.2, 0.25) is 11.8 Å². The monoisotopic (exact) mass is 504 g/mol. The van der Waals surface area contributed by atoms with E-state index in [1.807, 2.05) is 0 Å². The van der Waals surface area contributed by atoms with E-state index < -0.39 is 40.2 Å². The third-order valence-electron chi connectivity index (χ3n) is 6.37. The van der Waals surface area contributed by atoms with E-state index in [1.165, 1.54) is 52.5 Å². The molecule has 2 aromatic rings. The minimum Gasteiger partial charge on any atom is -0.493 e. The molecular weight excluding hydrogens is 474 g/mol. The summed E-state index contributed by atoms with van der Waals surface area (Å²) in [6, 6.07) is 1.09. The molecule has 1 aromatic heterocycles. The maximum atomic E-state index is 14.8. The van der Waals surface area contributed by atoms with Gasteiger partial charge in [0.15, 0.2) is 23.1 Å². The molecule has 9 nitrogen and oxygen atoms in total. The number of methoxy groups -OCH3 is 2. The van der Waals surface area contributed by atoms with Crippen molar-refractivity contribution < 1.29 is 27.8 Å². The second-order valence-corrected chi connectivity index (χ2v) is 8.69. The number of nitrogens with zero attached hydrogens (tertiary/aromatic N) is 2. The fourth-order valence-corrected chi connectivity index (χ4v) is 4.34. The molecular formula is C25H30F2N4O5. The molecule has 0 saturated heterocycles.